The van der Waals surface area contributed by atoms with E-state index in [1.165, 1.54) is 0 Å². The number of hydrogen-bond donors (Lipinski definition) is 4. The number of carbonyl (C=O) groups excluding carboxylic acids is 1. The van der Waals surface area contributed by atoms with Crippen molar-refractivity contribution in [2.45, 2.75) is 37.8 Å². The van der Waals surface area contributed by atoms with E-state index in [0.29, 0.717) is 11.2 Å². The third-order valence-corrected chi connectivity index (χ3v) is 5.12. The molecule has 1 aromatic carbocycles. The van der Waals surface area contributed by atoms with Crippen LogP contribution >= 0.6 is 0 Å². The number of nitrogens with zero attached hydrogens (tertiary/aromatic N) is 3. The van der Waals surface area contributed by atoms with E-state index in [-0.39, 0.29) is 29.3 Å². The summed E-state index contributed by atoms with van der Waals surface area (Å²) < 4.78 is 14.6. The number of aromatic nitrogens is 3. The largest absolute Gasteiger partial charge is 0.365 e. The van der Waals surface area contributed by atoms with E-state index < -0.39 is 11.7 Å². The molecule has 2 aromatic heterocycles. The SMILES string of the molecule is NC(=O)c1cc(F)c(NC2CCCC[C@@H]2N)nc1Nc1ccc2nccnc2c1. The second-order valence-corrected chi connectivity index (χ2v) is 7.16. The number of rotatable bonds is 5. The van der Waals surface area contributed by atoms with Crippen molar-refractivity contribution in [2.24, 2.45) is 11.5 Å². The van der Waals surface area contributed by atoms with E-state index in [1.807, 2.05) is 0 Å². The van der Waals surface area contributed by atoms with E-state index >= 15 is 0 Å². The van der Waals surface area contributed by atoms with E-state index in [0.717, 1.165) is 37.3 Å². The topological polar surface area (TPSA) is 132 Å². The Labute approximate surface area is 166 Å². The third kappa shape index (κ3) is 4.09. The van der Waals surface area contributed by atoms with Gasteiger partial charge >= 0.3 is 0 Å². The Morgan fingerprint density at radius 3 is 2.59 bits per heavy atom. The maximum atomic E-state index is 14.6. The molecule has 1 amide bonds. The van der Waals surface area contributed by atoms with Crippen molar-refractivity contribution in [3.63, 3.8) is 0 Å². The van der Waals surface area contributed by atoms with Gasteiger partial charge in [-0.3, -0.25) is 14.8 Å². The van der Waals surface area contributed by atoms with Crippen molar-refractivity contribution in [3.8, 4) is 0 Å². The van der Waals surface area contributed by atoms with Gasteiger partial charge in [-0.1, -0.05) is 12.8 Å². The van der Waals surface area contributed by atoms with Crippen molar-refractivity contribution in [1.82, 2.24) is 15.0 Å². The molecule has 6 N–H and O–H groups in total. The van der Waals surface area contributed by atoms with Gasteiger partial charge in [-0.05, 0) is 37.1 Å². The van der Waals surface area contributed by atoms with Crippen LogP contribution in [-0.4, -0.2) is 32.9 Å². The van der Waals surface area contributed by atoms with Crippen molar-refractivity contribution in [3.05, 3.63) is 48.0 Å². The highest BCUT2D eigenvalue weighted by molar-refractivity contribution is 5.98. The van der Waals surface area contributed by atoms with Gasteiger partial charge in [0, 0.05) is 30.2 Å². The van der Waals surface area contributed by atoms with E-state index in [1.54, 1.807) is 30.6 Å². The number of halogens is 1. The predicted molar refractivity (Wildman–Crippen MR) is 109 cm³/mol. The molecule has 2 heterocycles. The van der Waals surface area contributed by atoms with Crippen LogP contribution in [0.4, 0.5) is 21.7 Å². The standard InChI is InChI=1S/C20H22FN7O/c21-13-10-12(18(23)29)19(28-20(13)27-15-4-2-1-3-14(15)22)26-11-5-6-16-17(9-11)25-8-7-24-16/h5-10,14-15H,1-4,22H2,(H2,23,29)(H2,26,27,28)/t14-,15?/m0/s1. The minimum absolute atomic E-state index is 0.0414. The number of hydrogen-bond acceptors (Lipinski definition) is 7. The van der Waals surface area contributed by atoms with Gasteiger partial charge in [0.15, 0.2) is 11.6 Å². The quantitative estimate of drug-likeness (QED) is 0.522. The Morgan fingerprint density at radius 2 is 1.83 bits per heavy atom. The highest BCUT2D eigenvalue weighted by Crippen LogP contribution is 2.27. The molecule has 1 aliphatic rings. The monoisotopic (exact) mass is 395 g/mol. The molecule has 0 saturated heterocycles. The van der Waals surface area contributed by atoms with Gasteiger partial charge in [-0.25, -0.2) is 9.37 Å². The minimum atomic E-state index is -0.777. The van der Waals surface area contributed by atoms with Crippen molar-refractivity contribution >= 4 is 34.3 Å². The maximum absolute atomic E-state index is 14.6. The molecule has 0 radical (unpaired) electrons. The molecule has 1 fully saturated rings. The molecule has 1 aliphatic carbocycles. The van der Waals surface area contributed by atoms with Gasteiger partial charge < -0.3 is 22.1 Å². The van der Waals surface area contributed by atoms with Crippen LogP contribution < -0.4 is 22.1 Å². The molecule has 9 heteroatoms. The van der Waals surface area contributed by atoms with Crippen LogP contribution in [0.3, 0.4) is 0 Å². The summed E-state index contributed by atoms with van der Waals surface area (Å²) in [5, 5.41) is 6.14. The van der Waals surface area contributed by atoms with Gasteiger partial charge in [0.05, 0.1) is 16.6 Å². The summed E-state index contributed by atoms with van der Waals surface area (Å²) in [6, 6.07) is 6.28. The summed E-state index contributed by atoms with van der Waals surface area (Å²) in [5.41, 5.74) is 13.6. The zero-order valence-electron chi connectivity index (χ0n) is 15.7. The summed E-state index contributed by atoms with van der Waals surface area (Å²) in [6.45, 7) is 0. The van der Waals surface area contributed by atoms with Crippen molar-refractivity contribution < 1.29 is 9.18 Å². The molecular formula is C20H22FN7O. The van der Waals surface area contributed by atoms with Crippen LogP contribution in [0, 0.1) is 5.82 Å². The summed E-state index contributed by atoms with van der Waals surface area (Å²) in [5.74, 6) is -1.22. The molecule has 0 bridgehead atoms. The molecule has 150 valence electrons. The highest BCUT2D eigenvalue weighted by Gasteiger charge is 2.24. The fourth-order valence-corrected chi connectivity index (χ4v) is 3.57. The second kappa shape index (κ2) is 7.96. The molecule has 8 nitrogen and oxygen atoms in total. The van der Waals surface area contributed by atoms with Crippen LogP contribution in [0.15, 0.2) is 36.7 Å². The van der Waals surface area contributed by atoms with Gasteiger partial charge in [0.25, 0.3) is 5.91 Å². The van der Waals surface area contributed by atoms with Crippen LogP contribution in [0.25, 0.3) is 11.0 Å². The number of benzene rings is 1. The summed E-state index contributed by atoms with van der Waals surface area (Å²) in [4.78, 5) is 24.6. The van der Waals surface area contributed by atoms with Crippen molar-refractivity contribution in [1.29, 1.82) is 0 Å². The Balaban J connectivity index is 1.67. The smallest absolute Gasteiger partial charge is 0.252 e. The number of primary amides is 1. The lowest BCUT2D eigenvalue weighted by atomic mass is 9.91. The Kier molecular flexibility index (Phi) is 5.22. The fourth-order valence-electron chi connectivity index (χ4n) is 3.57. The first kappa shape index (κ1) is 19.0. The first-order valence-electron chi connectivity index (χ1n) is 9.51. The van der Waals surface area contributed by atoms with E-state index in [2.05, 4.69) is 25.6 Å². The molecular weight excluding hydrogens is 373 g/mol. The normalized spacial score (nSPS) is 19.1. The zero-order valence-corrected chi connectivity index (χ0v) is 15.7. The number of pyridine rings is 1. The maximum Gasteiger partial charge on any atom is 0.252 e. The first-order valence-corrected chi connectivity index (χ1v) is 9.51. The number of fused-ring (bicyclic) bond motifs is 1. The van der Waals surface area contributed by atoms with Crippen LogP contribution in [0.5, 0.6) is 0 Å². The average Bonchev–Trinajstić information content (AvgIpc) is 2.71. The zero-order chi connectivity index (χ0) is 20.4. The summed E-state index contributed by atoms with van der Waals surface area (Å²) >= 11 is 0. The lowest BCUT2D eigenvalue weighted by Crippen LogP contribution is -2.43. The van der Waals surface area contributed by atoms with E-state index in [4.69, 9.17) is 11.5 Å². The van der Waals surface area contributed by atoms with Crippen LogP contribution in [-0.2, 0) is 0 Å². The molecule has 3 aromatic rings. The summed E-state index contributed by atoms with van der Waals surface area (Å²) in [6.07, 6.45) is 7.00. The Bertz CT molecular complexity index is 1060. The first-order chi connectivity index (χ1) is 14.0. The number of nitrogens with one attached hydrogen (secondary N) is 2. The lowest BCUT2D eigenvalue weighted by molar-refractivity contribution is 0.100. The fraction of sp³-hybridized carbons (Fsp3) is 0.300. The van der Waals surface area contributed by atoms with E-state index in [9.17, 15) is 9.18 Å². The molecule has 0 aliphatic heterocycles. The number of anilines is 3. The highest BCUT2D eigenvalue weighted by atomic mass is 19.1. The Hall–Kier alpha value is -3.33. The van der Waals surface area contributed by atoms with Gasteiger partial charge in [-0.2, -0.15) is 0 Å². The number of carbonyl (C=O) groups is 1. The average molecular weight is 395 g/mol. The molecule has 4 rings (SSSR count). The van der Waals surface area contributed by atoms with Crippen LogP contribution in [0.1, 0.15) is 36.0 Å². The predicted octanol–water partition coefficient (Wildman–Crippen LogP) is 2.69. The van der Waals surface area contributed by atoms with Gasteiger partial charge in [0.1, 0.15) is 5.82 Å². The van der Waals surface area contributed by atoms with Crippen molar-refractivity contribution in [2.75, 3.05) is 10.6 Å². The number of amides is 1. The van der Waals surface area contributed by atoms with Crippen LogP contribution in [0.2, 0.25) is 0 Å². The molecule has 1 saturated carbocycles. The number of nitrogens with two attached hydrogens (primary N) is 2. The minimum Gasteiger partial charge on any atom is -0.365 e. The third-order valence-electron chi connectivity index (χ3n) is 5.12. The molecule has 29 heavy (non-hydrogen) atoms. The Morgan fingerprint density at radius 1 is 1.07 bits per heavy atom. The molecule has 1 unspecified atom stereocenters. The van der Waals surface area contributed by atoms with Gasteiger partial charge in [-0.15, -0.1) is 0 Å². The lowest BCUT2D eigenvalue weighted by Gasteiger charge is -2.30. The summed E-state index contributed by atoms with van der Waals surface area (Å²) in [7, 11) is 0. The molecule has 2 atom stereocenters. The molecule has 0 spiro atoms. The van der Waals surface area contributed by atoms with Gasteiger partial charge in [0.2, 0.25) is 0 Å². The second-order valence-electron chi connectivity index (χ2n) is 7.16.